The van der Waals surface area contributed by atoms with Gasteiger partial charge in [-0.05, 0) is 85.0 Å². The molecule has 5 rings (SSSR count). The van der Waals surface area contributed by atoms with Crippen molar-refractivity contribution in [3.05, 3.63) is 143 Å². The molecule has 0 amide bonds. The van der Waals surface area contributed by atoms with Crippen LogP contribution in [-0.2, 0) is 0 Å². The van der Waals surface area contributed by atoms with Crippen molar-refractivity contribution >= 4 is 46.1 Å². The molecule has 0 aliphatic rings. The van der Waals surface area contributed by atoms with Gasteiger partial charge in [-0.3, -0.25) is 0 Å². The number of anilines is 3. The van der Waals surface area contributed by atoms with E-state index in [4.69, 9.17) is 0 Å². The maximum Gasteiger partial charge on any atom is 0.116 e. The fourth-order valence-corrected chi connectivity index (χ4v) is 5.02. The number of hydrogen-bond donors (Lipinski definition) is 0. The third-order valence-corrected chi connectivity index (χ3v) is 7.22. The second kappa shape index (κ2) is 12.1. The Labute approximate surface area is 228 Å². The van der Waals surface area contributed by atoms with Gasteiger partial charge in [0.05, 0.1) is 11.4 Å². The van der Waals surface area contributed by atoms with Gasteiger partial charge in [0.1, 0.15) is 6.33 Å². The molecule has 0 unspecified atom stereocenters. The molecule has 3 aromatic carbocycles. The summed E-state index contributed by atoms with van der Waals surface area (Å²) < 4.78 is 0. The fraction of sp³-hybridized carbons (Fsp3) is 0.0588. The van der Waals surface area contributed by atoms with E-state index in [9.17, 15) is 0 Å². The summed E-state index contributed by atoms with van der Waals surface area (Å²) in [6, 6.07) is 33.6. The molecule has 3 nitrogen and oxygen atoms in total. The number of aromatic nitrogens is 2. The molecule has 2 heterocycles. The van der Waals surface area contributed by atoms with Gasteiger partial charge in [-0.15, -0.1) is 11.3 Å². The van der Waals surface area contributed by atoms with Crippen LogP contribution in [0.5, 0.6) is 0 Å². The highest BCUT2D eigenvalue weighted by Gasteiger charge is 2.12. The van der Waals surface area contributed by atoms with Gasteiger partial charge >= 0.3 is 0 Å². The number of allylic oxidation sites excluding steroid dienone is 4. The summed E-state index contributed by atoms with van der Waals surface area (Å²) in [6.07, 6.45) is 12.0. The first-order valence-electron chi connectivity index (χ1n) is 12.6. The monoisotopic (exact) mass is 511 g/mol. The summed E-state index contributed by atoms with van der Waals surface area (Å²) in [6.45, 7) is 4.17. The van der Waals surface area contributed by atoms with E-state index in [-0.39, 0.29) is 0 Å². The van der Waals surface area contributed by atoms with Crippen molar-refractivity contribution in [1.82, 2.24) is 9.97 Å². The van der Waals surface area contributed by atoms with Crippen molar-refractivity contribution in [3.8, 4) is 11.3 Å². The van der Waals surface area contributed by atoms with Crippen LogP contribution in [0.2, 0.25) is 0 Å². The molecule has 0 fully saturated rings. The van der Waals surface area contributed by atoms with E-state index in [1.54, 1.807) is 17.7 Å². The summed E-state index contributed by atoms with van der Waals surface area (Å²) >= 11 is 1.75. The smallest absolute Gasteiger partial charge is 0.116 e. The Hall–Kier alpha value is -4.54. The van der Waals surface area contributed by atoms with E-state index < -0.39 is 0 Å². The quantitative estimate of drug-likeness (QED) is 0.194. The van der Waals surface area contributed by atoms with Gasteiger partial charge in [-0.25, -0.2) is 9.97 Å². The molecule has 0 atom stereocenters. The Morgan fingerprint density at radius 3 is 2.08 bits per heavy atom. The largest absolute Gasteiger partial charge is 0.311 e. The second-order valence-corrected chi connectivity index (χ2v) is 9.75. The lowest BCUT2D eigenvalue weighted by molar-refractivity contribution is 1.16. The van der Waals surface area contributed by atoms with Crippen molar-refractivity contribution < 1.29 is 0 Å². The third kappa shape index (κ3) is 6.05. The zero-order chi connectivity index (χ0) is 26.2. The molecule has 0 aliphatic heterocycles. The Morgan fingerprint density at radius 1 is 0.763 bits per heavy atom. The molecule has 0 radical (unpaired) electrons. The molecule has 38 heavy (non-hydrogen) atoms. The Morgan fingerprint density at radius 2 is 1.42 bits per heavy atom. The van der Waals surface area contributed by atoms with Crippen molar-refractivity contribution in [1.29, 1.82) is 0 Å². The Balaban J connectivity index is 1.37. The maximum absolute atomic E-state index is 4.54. The first-order valence-corrected chi connectivity index (χ1v) is 13.5. The first-order chi connectivity index (χ1) is 18.7. The van der Waals surface area contributed by atoms with Crippen molar-refractivity contribution in [3.63, 3.8) is 0 Å². The molecule has 0 bridgehead atoms. The van der Waals surface area contributed by atoms with Gasteiger partial charge in [0.2, 0.25) is 0 Å². The summed E-state index contributed by atoms with van der Waals surface area (Å²) in [4.78, 5) is 12.5. The predicted octanol–water partition coefficient (Wildman–Crippen LogP) is 9.82. The SMILES string of the molecule is C/C=C\C=C(/C)c1cc(/C=C\c2cc(-c3ccc(N(c4ccccc4)c4ccccc4)cc3)ncn2)cs1. The minimum absolute atomic E-state index is 0.878. The average molecular weight is 512 g/mol. The first kappa shape index (κ1) is 25.1. The van der Waals surface area contributed by atoms with Crippen LogP contribution in [0.3, 0.4) is 0 Å². The molecule has 0 N–H and O–H groups in total. The van der Waals surface area contributed by atoms with Crippen LogP contribution in [0.25, 0.3) is 29.0 Å². The fourth-order valence-electron chi connectivity index (χ4n) is 4.15. The number of para-hydroxylation sites is 2. The number of benzene rings is 3. The van der Waals surface area contributed by atoms with E-state index in [1.165, 1.54) is 16.0 Å². The molecule has 0 aliphatic carbocycles. The van der Waals surface area contributed by atoms with Gasteiger partial charge in [0, 0.05) is 27.5 Å². The minimum Gasteiger partial charge on any atom is -0.311 e. The number of hydrogen-bond acceptors (Lipinski definition) is 4. The zero-order valence-electron chi connectivity index (χ0n) is 21.5. The molecule has 0 saturated heterocycles. The predicted molar refractivity (Wildman–Crippen MR) is 164 cm³/mol. The van der Waals surface area contributed by atoms with Crippen LogP contribution in [0.15, 0.2) is 127 Å². The Bertz CT molecular complexity index is 1520. The molecular formula is C34H29N3S. The average Bonchev–Trinajstić information content (AvgIpc) is 3.46. The van der Waals surface area contributed by atoms with E-state index in [0.29, 0.717) is 0 Å². The van der Waals surface area contributed by atoms with Gasteiger partial charge in [-0.1, -0.05) is 72.8 Å². The van der Waals surface area contributed by atoms with E-state index in [0.717, 1.165) is 34.0 Å². The lowest BCUT2D eigenvalue weighted by atomic mass is 10.1. The lowest BCUT2D eigenvalue weighted by Crippen LogP contribution is -2.09. The van der Waals surface area contributed by atoms with E-state index >= 15 is 0 Å². The summed E-state index contributed by atoms with van der Waals surface area (Å²) in [5, 5.41) is 2.17. The highest BCUT2D eigenvalue weighted by molar-refractivity contribution is 7.11. The maximum atomic E-state index is 4.54. The number of thiophene rings is 1. The molecule has 186 valence electrons. The van der Waals surface area contributed by atoms with Crippen LogP contribution in [0.1, 0.15) is 30.0 Å². The van der Waals surface area contributed by atoms with Gasteiger partial charge in [-0.2, -0.15) is 0 Å². The van der Waals surface area contributed by atoms with Crippen LogP contribution < -0.4 is 4.90 Å². The molecular weight excluding hydrogens is 482 g/mol. The summed E-state index contributed by atoms with van der Waals surface area (Å²) in [5.41, 5.74) is 8.58. The number of rotatable bonds is 8. The normalized spacial score (nSPS) is 11.9. The molecule has 2 aromatic heterocycles. The Kier molecular flexibility index (Phi) is 8.02. The van der Waals surface area contributed by atoms with Crippen molar-refractivity contribution in [2.24, 2.45) is 0 Å². The molecule has 5 aromatic rings. The van der Waals surface area contributed by atoms with Crippen molar-refractivity contribution in [2.75, 3.05) is 4.90 Å². The summed E-state index contributed by atoms with van der Waals surface area (Å²) in [7, 11) is 0. The molecule has 0 spiro atoms. The highest BCUT2D eigenvalue weighted by Crippen LogP contribution is 2.35. The molecule has 0 saturated carbocycles. The third-order valence-electron chi connectivity index (χ3n) is 6.13. The lowest BCUT2D eigenvalue weighted by Gasteiger charge is -2.25. The number of nitrogens with zero attached hydrogens (tertiary/aromatic N) is 3. The van der Waals surface area contributed by atoms with Crippen LogP contribution in [0.4, 0.5) is 17.1 Å². The van der Waals surface area contributed by atoms with Crippen LogP contribution >= 0.6 is 11.3 Å². The van der Waals surface area contributed by atoms with Crippen molar-refractivity contribution in [2.45, 2.75) is 13.8 Å². The van der Waals surface area contributed by atoms with E-state index in [2.05, 4.69) is 124 Å². The van der Waals surface area contributed by atoms with Crippen LogP contribution in [0, 0.1) is 0 Å². The van der Waals surface area contributed by atoms with Gasteiger partial charge in [0.25, 0.3) is 0 Å². The second-order valence-electron chi connectivity index (χ2n) is 8.83. The zero-order valence-corrected chi connectivity index (χ0v) is 22.3. The summed E-state index contributed by atoms with van der Waals surface area (Å²) in [5.74, 6) is 0. The minimum atomic E-state index is 0.878. The highest BCUT2D eigenvalue weighted by atomic mass is 32.1. The standard InChI is InChI=1S/C34H29N3S/c1-3-4-11-26(2)34-22-27(24-38-34)16-19-29-23-33(36-25-35-29)28-17-20-32(21-18-28)37(30-12-7-5-8-13-30)31-14-9-6-10-15-31/h3-25H,1-2H3/b4-3-,19-16-,26-11+. The van der Waals surface area contributed by atoms with Crippen LogP contribution in [-0.4, -0.2) is 9.97 Å². The van der Waals surface area contributed by atoms with Gasteiger partial charge < -0.3 is 4.90 Å². The van der Waals surface area contributed by atoms with Gasteiger partial charge in [0.15, 0.2) is 0 Å². The molecule has 4 heteroatoms. The van der Waals surface area contributed by atoms with E-state index in [1.807, 2.05) is 37.3 Å². The topological polar surface area (TPSA) is 29.0 Å².